The summed E-state index contributed by atoms with van der Waals surface area (Å²) in [6, 6.07) is -0.339. The molecule has 2 heterocycles. The van der Waals surface area contributed by atoms with Gasteiger partial charge in [-0.05, 0) is 31.7 Å². The van der Waals surface area contributed by atoms with Gasteiger partial charge in [-0.15, -0.1) is 0 Å². The Morgan fingerprint density at radius 1 is 1.35 bits per heavy atom. The average molecular weight is 260 g/mol. The number of sulfone groups is 1. The highest BCUT2D eigenvalue weighted by atomic mass is 32.2. The number of nitrogens with one attached hydrogen (secondary N) is 2. The quantitative estimate of drug-likeness (QED) is 0.713. The van der Waals surface area contributed by atoms with E-state index in [-0.39, 0.29) is 29.5 Å². The lowest BCUT2D eigenvalue weighted by atomic mass is 9.94. The molecule has 2 N–H and O–H groups in total. The van der Waals surface area contributed by atoms with Gasteiger partial charge in [0, 0.05) is 6.04 Å². The lowest BCUT2D eigenvalue weighted by Gasteiger charge is -2.28. The fraction of sp³-hybridized carbons (Fsp3) is 0.909. The van der Waals surface area contributed by atoms with Gasteiger partial charge in [0.15, 0.2) is 9.84 Å². The van der Waals surface area contributed by atoms with Crippen LogP contribution in [-0.2, 0) is 14.6 Å². The Bertz CT molecular complexity index is 394. The summed E-state index contributed by atoms with van der Waals surface area (Å²) in [6.45, 7) is 3.00. The summed E-state index contributed by atoms with van der Waals surface area (Å²) >= 11 is 0. The van der Waals surface area contributed by atoms with Crippen LogP contribution in [0.3, 0.4) is 0 Å². The summed E-state index contributed by atoms with van der Waals surface area (Å²) in [5, 5.41) is 6.03. The Morgan fingerprint density at radius 2 is 2.12 bits per heavy atom. The van der Waals surface area contributed by atoms with Crippen LogP contribution in [0.4, 0.5) is 0 Å². The van der Waals surface area contributed by atoms with Crippen molar-refractivity contribution in [3.05, 3.63) is 0 Å². The van der Waals surface area contributed by atoms with Gasteiger partial charge in [-0.3, -0.25) is 4.79 Å². The molecule has 3 atom stereocenters. The molecule has 6 heteroatoms. The molecule has 2 rings (SSSR count). The smallest absolute Gasteiger partial charge is 0.237 e. The van der Waals surface area contributed by atoms with Crippen molar-refractivity contribution >= 4 is 15.7 Å². The zero-order chi connectivity index (χ0) is 12.5. The largest absolute Gasteiger partial charge is 0.351 e. The van der Waals surface area contributed by atoms with Gasteiger partial charge in [0.05, 0.1) is 17.5 Å². The van der Waals surface area contributed by atoms with E-state index in [2.05, 4.69) is 17.6 Å². The molecule has 2 aliphatic heterocycles. The lowest BCUT2D eigenvalue weighted by molar-refractivity contribution is -0.124. The molecular weight excluding hydrogens is 240 g/mol. The molecule has 0 aromatic heterocycles. The maximum absolute atomic E-state index is 11.9. The molecular formula is C11H20N2O3S. The topological polar surface area (TPSA) is 75.3 Å². The third-order valence-corrected chi connectivity index (χ3v) is 5.33. The van der Waals surface area contributed by atoms with Crippen LogP contribution in [0.25, 0.3) is 0 Å². The van der Waals surface area contributed by atoms with Crippen molar-refractivity contribution in [3.8, 4) is 0 Å². The van der Waals surface area contributed by atoms with Crippen molar-refractivity contribution in [2.75, 3.05) is 18.1 Å². The third-order valence-electron chi connectivity index (χ3n) is 3.56. The summed E-state index contributed by atoms with van der Waals surface area (Å²) in [7, 11) is -2.92. The summed E-state index contributed by atoms with van der Waals surface area (Å²) in [6.07, 6.45) is 2.49. The van der Waals surface area contributed by atoms with Crippen molar-refractivity contribution in [1.29, 1.82) is 0 Å². The van der Waals surface area contributed by atoms with Gasteiger partial charge in [-0.1, -0.05) is 6.92 Å². The van der Waals surface area contributed by atoms with E-state index in [0.29, 0.717) is 12.3 Å². The van der Waals surface area contributed by atoms with Crippen LogP contribution in [0, 0.1) is 5.92 Å². The summed E-state index contributed by atoms with van der Waals surface area (Å²) in [5.41, 5.74) is 0. The highest BCUT2D eigenvalue weighted by Gasteiger charge is 2.31. The fourth-order valence-electron chi connectivity index (χ4n) is 2.52. The van der Waals surface area contributed by atoms with Crippen LogP contribution in [0.2, 0.25) is 0 Å². The van der Waals surface area contributed by atoms with Crippen molar-refractivity contribution in [1.82, 2.24) is 10.6 Å². The van der Waals surface area contributed by atoms with Gasteiger partial charge in [0.1, 0.15) is 0 Å². The molecule has 3 unspecified atom stereocenters. The molecule has 2 fully saturated rings. The molecule has 0 saturated carbocycles. The first-order valence-corrected chi connectivity index (χ1v) is 8.02. The molecule has 1 amide bonds. The van der Waals surface area contributed by atoms with E-state index >= 15 is 0 Å². The molecule has 0 bridgehead atoms. The second-order valence-corrected chi connectivity index (χ2v) is 7.47. The zero-order valence-corrected chi connectivity index (χ0v) is 10.9. The molecule has 5 nitrogen and oxygen atoms in total. The van der Waals surface area contributed by atoms with Gasteiger partial charge in [-0.25, -0.2) is 8.42 Å². The molecule has 0 aromatic rings. The molecule has 0 spiro atoms. The number of hydrogen-bond acceptors (Lipinski definition) is 4. The normalized spacial score (nSPS) is 36.6. The van der Waals surface area contributed by atoms with E-state index in [9.17, 15) is 13.2 Å². The molecule has 2 saturated heterocycles. The Hall–Kier alpha value is -0.620. The van der Waals surface area contributed by atoms with Crippen LogP contribution >= 0.6 is 0 Å². The van der Waals surface area contributed by atoms with E-state index in [1.54, 1.807) is 0 Å². The van der Waals surface area contributed by atoms with Crippen molar-refractivity contribution < 1.29 is 13.2 Å². The highest BCUT2D eigenvalue weighted by molar-refractivity contribution is 7.91. The Labute approximate surface area is 102 Å². The first-order chi connectivity index (χ1) is 7.96. The summed E-state index contributed by atoms with van der Waals surface area (Å²) in [4.78, 5) is 11.9. The van der Waals surface area contributed by atoms with E-state index in [4.69, 9.17) is 0 Å². The monoisotopic (exact) mass is 260 g/mol. The first kappa shape index (κ1) is 12.8. The first-order valence-electron chi connectivity index (χ1n) is 6.20. The summed E-state index contributed by atoms with van der Waals surface area (Å²) < 4.78 is 22.6. The van der Waals surface area contributed by atoms with Gasteiger partial charge < -0.3 is 10.6 Å². The molecule has 0 aromatic carbocycles. The summed E-state index contributed by atoms with van der Waals surface area (Å²) in [5.74, 6) is 0.811. The zero-order valence-electron chi connectivity index (χ0n) is 10.1. The fourth-order valence-corrected chi connectivity index (χ4v) is 4.19. The maximum Gasteiger partial charge on any atom is 0.237 e. The SMILES string of the molecule is CC1CCNC(C(=O)NC2CCS(=O)(=O)C2)C1. The van der Waals surface area contributed by atoms with E-state index < -0.39 is 9.84 Å². The van der Waals surface area contributed by atoms with Crippen molar-refractivity contribution in [2.45, 2.75) is 38.3 Å². The van der Waals surface area contributed by atoms with Crippen LogP contribution in [0.1, 0.15) is 26.2 Å². The minimum atomic E-state index is -2.92. The molecule has 2 aliphatic rings. The average Bonchev–Trinajstić information content (AvgIpc) is 2.58. The number of rotatable bonds is 2. The predicted octanol–water partition coefficient (Wildman–Crippen LogP) is -0.322. The predicted molar refractivity (Wildman–Crippen MR) is 65.4 cm³/mol. The number of carbonyl (C=O) groups is 1. The maximum atomic E-state index is 11.9. The molecule has 0 radical (unpaired) electrons. The molecule has 17 heavy (non-hydrogen) atoms. The Kier molecular flexibility index (Phi) is 3.73. The van der Waals surface area contributed by atoms with Crippen molar-refractivity contribution in [2.24, 2.45) is 5.92 Å². The number of carbonyl (C=O) groups excluding carboxylic acids is 1. The van der Waals surface area contributed by atoms with Gasteiger partial charge >= 0.3 is 0 Å². The number of piperidine rings is 1. The van der Waals surface area contributed by atoms with Crippen LogP contribution < -0.4 is 10.6 Å². The van der Waals surface area contributed by atoms with Crippen LogP contribution in [-0.4, -0.2) is 44.5 Å². The standard InChI is InChI=1S/C11H20N2O3S/c1-8-2-4-12-10(6-8)11(14)13-9-3-5-17(15,16)7-9/h8-10,12H,2-7H2,1H3,(H,13,14). The van der Waals surface area contributed by atoms with Gasteiger partial charge in [0.2, 0.25) is 5.91 Å². The minimum absolute atomic E-state index is 0.0429. The van der Waals surface area contributed by atoms with E-state index in [1.807, 2.05) is 0 Å². The van der Waals surface area contributed by atoms with Crippen molar-refractivity contribution in [3.63, 3.8) is 0 Å². The minimum Gasteiger partial charge on any atom is -0.351 e. The Balaban J connectivity index is 1.85. The Morgan fingerprint density at radius 3 is 2.71 bits per heavy atom. The second kappa shape index (κ2) is 4.94. The highest BCUT2D eigenvalue weighted by Crippen LogP contribution is 2.16. The lowest BCUT2D eigenvalue weighted by Crippen LogP contribution is -2.51. The third kappa shape index (κ3) is 3.42. The van der Waals surface area contributed by atoms with Crippen LogP contribution in [0.15, 0.2) is 0 Å². The second-order valence-electron chi connectivity index (χ2n) is 5.24. The van der Waals surface area contributed by atoms with Crippen LogP contribution in [0.5, 0.6) is 0 Å². The number of amides is 1. The molecule has 98 valence electrons. The van der Waals surface area contributed by atoms with Gasteiger partial charge in [0.25, 0.3) is 0 Å². The van der Waals surface area contributed by atoms with E-state index in [0.717, 1.165) is 19.4 Å². The number of hydrogen-bond donors (Lipinski definition) is 2. The van der Waals surface area contributed by atoms with Gasteiger partial charge in [-0.2, -0.15) is 0 Å². The molecule has 0 aliphatic carbocycles. The van der Waals surface area contributed by atoms with E-state index in [1.165, 1.54) is 0 Å².